The predicted octanol–water partition coefficient (Wildman–Crippen LogP) is 5.29. The van der Waals surface area contributed by atoms with Crippen molar-refractivity contribution in [1.29, 1.82) is 0 Å². The molecule has 1 fully saturated rings. The molecule has 26 heavy (non-hydrogen) atoms. The van der Waals surface area contributed by atoms with Crippen LogP contribution in [0.1, 0.15) is 32.6 Å². The van der Waals surface area contributed by atoms with Crippen LogP contribution in [0.2, 0.25) is 0 Å². The summed E-state index contributed by atoms with van der Waals surface area (Å²) in [5.74, 6) is 0.835. The fraction of sp³-hybridized carbons (Fsp3) is 0.280. The fourth-order valence-electron chi connectivity index (χ4n) is 5.20. The van der Waals surface area contributed by atoms with E-state index >= 15 is 0 Å². The number of benzene rings is 3. The van der Waals surface area contributed by atoms with Gasteiger partial charge in [0.2, 0.25) is 0 Å². The molecule has 0 nitrogen and oxygen atoms in total. The first kappa shape index (κ1) is 17.5. The predicted molar refractivity (Wildman–Crippen MR) is 118 cm³/mol. The first-order chi connectivity index (χ1) is 12.8. The molecule has 0 spiro atoms. The van der Waals surface area contributed by atoms with Crippen LogP contribution in [0.25, 0.3) is 0 Å². The van der Waals surface area contributed by atoms with Gasteiger partial charge >= 0.3 is 158 Å². The van der Waals surface area contributed by atoms with E-state index in [1.165, 1.54) is 25.7 Å². The molecule has 0 aliphatic heterocycles. The first-order valence-corrected chi connectivity index (χ1v) is 12.1. The summed E-state index contributed by atoms with van der Waals surface area (Å²) < 4.78 is 0. The summed E-state index contributed by atoms with van der Waals surface area (Å²) in [4.78, 5) is 0. The third kappa shape index (κ3) is 3.01. The fourth-order valence-corrected chi connectivity index (χ4v) is 11.0. The van der Waals surface area contributed by atoms with E-state index in [0.717, 1.165) is 5.92 Å². The average molecular weight is 360 g/mol. The molecule has 0 amide bonds. The Morgan fingerprint density at radius 1 is 0.615 bits per heavy atom. The molecule has 1 unspecified atom stereocenters. The summed E-state index contributed by atoms with van der Waals surface area (Å²) in [6.07, 6.45) is 5.58. The van der Waals surface area contributed by atoms with E-state index in [-0.39, 0.29) is 0 Å². The molecule has 1 heteroatoms. The summed E-state index contributed by atoms with van der Waals surface area (Å²) in [6.45, 7) is 2.55. The standard InChI is InChI=1S/C25H29P/c1-21(22-13-11-12-14-22)26(23-15-5-2-6-16-23,24-17-7-3-8-18-24)25-19-9-4-10-20-25/h2-10,15-22,26H,11-14H2,1H3. The zero-order valence-electron chi connectivity index (χ0n) is 15.6. The Kier molecular flexibility index (Phi) is 5.23. The van der Waals surface area contributed by atoms with Gasteiger partial charge in [0.1, 0.15) is 0 Å². The molecular formula is C25H29P. The summed E-state index contributed by atoms with van der Waals surface area (Å²) in [7, 11) is -2.09. The topological polar surface area (TPSA) is 0 Å². The zero-order chi connectivity index (χ0) is 17.8. The molecular weight excluding hydrogens is 331 g/mol. The van der Waals surface area contributed by atoms with Crippen molar-refractivity contribution in [3.05, 3.63) is 91.0 Å². The van der Waals surface area contributed by atoms with Gasteiger partial charge in [-0.3, -0.25) is 0 Å². The molecule has 134 valence electrons. The maximum atomic E-state index is 2.55. The SMILES string of the molecule is CC(C1CCCC1)[PH](c1ccccc1)(c1ccccc1)c1ccccc1. The normalized spacial score (nSPS) is 17.1. The molecule has 3 aromatic carbocycles. The molecule has 1 saturated carbocycles. The van der Waals surface area contributed by atoms with Gasteiger partial charge in [-0.05, 0) is 0 Å². The van der Waals surface area contributed by atoms with Crippen molar-refractivity contribution in [2.45, 2.75) is 38.3 Å². The summed E-state index contributed by atoms with van der Waals surface area (Å²) in [5, 5.41) is 4.66. The molecule has 4 rings (SSSR count). The Labute approximate surface area is 158 Å². The minimum atomic E-state index is -2.09. The first-order valence-electron chi connectivity index (χ1n) is 10.00. The minimum absolute atomic E-state index is 0.692. The van der Waals surface area contributed by atoms with Crippen LogP contribution in [-0.4, -0.2) is 5.66 Å². The van der Waals surface area contributed by atoms with Gasteiger partial charge in [0.25, 0.3) is 0 Å². The molecule has 0 radical (unpaired) electrons. The summed E-state index contributed by atoms with van der Waals surface area (Å²) in [5.41, 5.74) is 0.692. The Morgan fingerprint density at radius 3 is 1.31 bits per heavy atom. The maximum absolute atomic E-state index is 2.55. The number of hydrogen-bond donors (Lipinski definition) is 0. The van der Waals surface area contributed by atoms with Gasteiger partial charge in [0.05, 0.1) is 0 Å². The van der Waals surface area contributed by atoms with E-state index in [2.05, 4.69) is 97.9 Å². The van der Waals surface area contributed by atoms with Gasteiger partial charge in [-0.25, -0.2) is 0 Å². The van der Waals surface area contributed by atoms with Crippen LogP contribution in [0.4, 0.5) is 0 Å². The number of rotatable bonds is 5. The van der Waals surface area contributed by atoms with E-state index in [1.807, 2.05) is 0 Å². The molecule has 3 aromatic rings. The molecule has 0 saturated heterocycles. The second-order valence-corrected chi connectivity index (χ2v) is 12.0. The Hall–Kier alpha value is -1.91. The number of hydrogen-bond acceptors (Lipinski definition) is 0. The average Bonchev–Trinajstić information content (AvgIpc) is 3.26. The second-order valence-electron chi connectivity index (χ2n) is 7.74. The van der Waals surface area contributed by atoms with Gasteiger partial charge in [-0.1, -0.05) is 0 Å². The van der Waals surface area contributed by atoms with Crippen molar-refractivity contribution in [1.82, 2.24) is 0 Å². The van der Waals surface area contributed by atoms with E-state index in [0.29, 0.717) is 5.66 Å². The van der Waals surface area contributed by atoms with Crippen molar-refractivity contribution in [2.24, 2.45) is 5.92 Å². The van der Waals surface area contributed by atoms with Crippen molar-refractivity contribution in [2.75, 3.05) is 0 Å². The Bertz CT molecular complexity index is 708. The second kappa shape index (κ2) is 7.77. The van der Waals surface area contributed by atoms with Gasteiger partial charge < -0.3 is 0 Å². The van der Waals surface area contributed by atoms with Crippen LogP contribution in [-0.2, 0) is 0 Å². The molecule has 0 heterocycles. The quantitative estimate of drug-likeness (QED) is 0.542. The molecule has 0 aromatic heterocycles. The van der Waals surface area contributed by atoms with Crippen molar-refractivity contribution >= 4 is 23.2 Å². The molecule has 1 atom stereocenters. The van der Waals surface area contributed by atoms with Crippen molar-refractivity contribution < 1.29 is 0 Å². The van der Waals surface area contributed by atoms with Crippen LogP contribution in [0, 0.1) is 5.92 Å². The van der Waals surface area contributed by atoms with Crippen LogP contribution >= 0.6 is 7.26 Å². The van der Waals surface area contributed by atoms with Crippen LogP contribution < -0.4 is 15.9 Å². The third-order valence-corrected chi connectivity index (χ3v) is 12.0. The van der Waals surface area contributed by atoms with Gasteiger partial charge in [0.15, 0.2) is 0 Å². The molecule has 1 aliphatic carbocycles. The monoisotopic (exact) mass is 360 g/mol. The van der Waals surface area contributed by atoms with Gasteiger partial charge in [-0.2, -0.15) is 0 Å². The molecule has 1 aliphatic rings. The zero-order valence-corrected chi connectivity index (χ0v) is 16.6. The van der Waals surface area contributed by atoms with Gasteiger partial charge in [0, 0.05) is 0 Å². The van der Waals surface area contributed by atoms with Crippen LogP contribution in [0.3, 0.4) is 0 Å². The van der Waals surface area contributed by atoms with Gasteiger partial charge in [-0.15, -0.1) is 0 Å². The van der Waals surface area contributed by atoms with Crippen LogP contribution in [0.5, 0.6) is 0 Å². The summed E-state index contributed by atoms with van der Waals surface area (Å²) in [6, 6.07) is 34.1. The summed E-state index contributed by atoms with van der Waals surface area (Å²) >= 11 is 0. The van der Waals surface area contributed by atoms with Crippen molar-refractivity contribution in [3.63, 3.8) is 0 Å². The Morgan fingerprint density at radius 2 is 0.962 bits per heavy atom. The molecule has 0 N–H and O–H groups in total. The Balaban J connectivity index is 2.00. The van der Waals surface area contributed by atoms with Crippen molar-refractivity contribution in [3.8, 4) is 0 Å². The van der Waals surface area contributed by atoms with E-state index in [1.54, 1.807) is 15.9 Å². The van der Waals surface area contributed by atoms with E-state index in [9.17, 15) is 0 Å². The van der Waals surface area contributed by atoms with E-state index in [4.69, 9.17) is 0 Å². The van der Waals surface area contributed by atoms with E-state index < -0.39 is 7.26 Å². The third-order valence-electron chi connectivity index (χ3n) is 6.48. The molecule has 0 bridgehead atoms. The van der Waals surface area contributed by atoms with Crippen LogP contribution in [0.15, 0.2) is 91.0 Å².